The molecule has 2 amide bonds. The van der Waals surface area contributed by atoms with Crippen LogP contribution >= 0.6 is 0 Å². The van der Waals surface area contributed by atoms with E-state index in [1.54, 1.807) is 6.08 Å². The lowest BCUT2D eigenvalue weighted by molar-refractivity contribution is -0.123. The number of amides is 2. The summed E-state index contributed by atoms with van der Waals surface area (Å²) in [4.78, 5) is 23.2. The summed E-state index contributed by atoms with van der Waals surface area (Å²) in [5, 5.41) is 9.77. The van der Waals surface area contributed by atoms with Gasteiger partial charge in [0.15, 0.2) is 0 Å². The molecule has 1 aromatic heterocycles. The number of aromatic nitrogens is 2. The highest BCUT2D eigenvalue weighted by Crippen LogP contribution is 2.16. The first-order valence-electron chi connectivity index (χ1n) is 8.73. The molecule has 0 atom stereocenters. The third-order valence-electron chi connectivity index (χ3n) is 4.09. The second-order valence-electron chi connectivity index (χ2n) is 6.23. The lowest BCUT2D eigenvalue weighted by Crippen LogP contribution is -2.36. The van der Waals surface area contributed by atoms with E-state index in [2.05, 4.69) is 46.9 Å². The molecule has 2 rings (SSSR count). The first-order chi connectivity index (χ1) is 12.4. The summed E-state index contributed by atoms with van der Waals surface area (Å²) in [5.41, 5.74) is 5.18. The van der Waals surface area contributed by atoms with E-state index in [4.69, 9.17) is 0 Å². The average Bonchev–Trinajstić information content (AvgIpc) is 2.87. The minimum absolute atomic E-state index is 0.0261. The van der Waals surface area contributed by atoms with Crippen LogP contribution in [0, 0.1) is 20.8 Å². The Hall–Kier alpha value is -2.89. The highest BCUT2D eigenvalue weighted by molar-refractivity contribution is 5.94. The minimum atomic E-state index is -0.304. The highest BCUT2D eigenvalue weighted by Gasteiger charge is 2.10. The fraction of sp³-hybridized carbons (Fsp3) is 0.350. The normalized spacial score (nSPS) is 10.9. The van der Waals surface area contributed by atoms with E-state index in [0.717, 1.165) is 17.0 Å². The summed E-state index contributed by atoms with van der Waals surface area (Å²) in [6.45, 7) is 9.01. The van der Waals surface area contributed by atoms with Gasteiger partial charge in [-0.3, -0.25) is 14.3 Å². The third-order valence-corrected chi connectivity index (χ3v) is 4.09. The van der Waals surface area contributed by atoms with Crippen LogP contribution in [0.2, 0.25) is 0 Å². The van der Waals surface area contributed by atoms with Crippen molar-refractivity contribution >= 4 is 17.9 Å². The number of benzene rings is 1. The van der Waals surface area contributed by atoms with Gasteiger partial charge in [0.25, 0.3) is 0 Å². The molecular formula is C20H26N4O2. The predicted octanol–water partition coefficient (Wildman–Crippen LogP) is 2.12. The molecule has 0 bridgehead atoms. The van der Waals surface area contributed by atoms with Crippen molar-refractivity contribution in [2.75, 3.05) is 13.1 Å². The van der Waals surface area contributed by atoms with Crippen LogP contribution in [0.4, 0.5) is 0 Å². The van der Waals surface area contributed by atoms with Crippen molar-refractivity contribution in [1.82, 2.24) is 20.4 Å². The number of carbonyl (C=O) groups excluding carboxylic acids is 2. The molecule has 6 nitrogen and oxygen atoms in total. The van der Waals surface area contributed by atoms with Crippen molar-refractivity contribution in [3.8, 4) is 0 Å². The molecule has 0 radical (unpaired) electrons. The molecular weight excluding hydrogens is 328 g/mol. The largest absolute Gasteiger partial charge is 0.355 e. The molecule has 0 aliphatic rings. The van der Waals surface area contributed by atoms with Gasteiger partial charge in [0.1, 0.15) is 0 Å². The molecule has 0 unspecified atom stereocenters. The number of aryl methyl sites for hydroxylation is 2. The second-order valence-corrected chi connectivity index (χ2v) is 6.23. The van der Waals surface area contributed by atoms with Gasteiger partial charge in [0, 0.05) is 23.9 Å². The Morgan fingerprint density at radius 3 is 2.46 bits per heavy atom. The zero-order valence-corrected chi connectivity index (χ0v) is 15.8. The van der Waals surface area contributed by atoms with Gasteiger partial charge < -0.3 is 10.6 Å². The first kappa shape index (κ1) is 19.4. The van der Waals surface area contributed by atoms with Gasteiger partial charge in [-0.25, -0.2) is 0 Å². The van der Waals surface area contributed by atoms with E-state index in [1.165, 1.54) is 17.2 Å². The predicted molar refractivity (Wildman–Crippen MR) is 103 cm³/mol. The zero-order chi connectivity index (χ0) is 19.1. The van der Waals surface area contributed by atoms with E-state index in [9.17, 15) is 9.59 Å². The SMILES string of the molecule is CCNC(=O)CNC(=O)/C=C/c1c(C)nn(Cc2ccc(C)cc2)c1C. The molecule has 26 heavy (non-hydrogen) atoms. The number of hydrogen-bond donors (Lipinski definition) is 2. The monoisotopic (exact) mass is 354 g/mol. The highest BCUT2D eigenvalue weighted by atomic mass is 16.2. The molecule has 6 heteroatoms. The van der Waals surface area contributed by atoms with E-state index >= 15 is 0 Å². The topological polar surface area (TPSA) is 76.0 Å². The summed E-state index contributed by atoms with van der Waals surface area (Å²) in [6, 6.07) is 8.36. The zero-order valence-electron chi connectivity index (χ0n) is 15.8. The molecule has 2 aromatic rings. The number of nitrogens with zero attached hydrogens (tertiary/aromatic N) is 2. The lowest BCUT2D eigenvalue weighted by atomic mass is 10.1. The van der Waals surface area contributed by atoms with Crippen LogP contribution in [-0.2, 0) is 16.1 Å². The molecule has 1 heterocycles. The van der Waals surface area contributed by atoms with Crippen LogP contribution in [0.3, 0.4) is 0 Å². The molecule has 0 spiro atoms. The lowest BCUT2D eigenvalue weighted by Gasteiger charge is -2.05. The van der Waals surface area contributed by atoms with Crippen molar-refractivity contribution in [2.24, 2.45) is 0 Å². The smallest absolute Gasteiger partial charge is 0.244 e. The maximum atomic E-state index is 11.9. The van der Waals surface area contributed by atoms with Crippen LogP contribution in [0.1, 0.15) is 35.0 Å². The van der Waals surface area contributed by atoms with Crippen molar-refractivity contribution in [3.63, 3.8) is 0 Å². The summed E-state index contributed by atoms with van der Waals surface area (Å²) in [7, 11) is 0. The van der Waals surface area contributed by atoms with Crippen LogP contribution in [0.15, 0.2) is 30.3 Å². The Labute approximate surface area is 154 Å². The van der Waals surface area contributed by atoms with Gasteiger partial charge in [0.2, 0.25) is 11.8 Å². The van der Waals surface area contributed by atoms with Gasteiger partial charge in [-0.15, -0.1) is 0 Å². The molecule has 2 N–H and O–H groups in total. The fourth-order valence-electron chi connectivity index (χ4n) is 2.62. The minimum Gasteiger partial charge on any atom is -0.355 e. The van der Waals surface area contributed by atoms with Crippen LogP contribution < -0.4 is 10.6 Å². The van der Waals surface area contributed by atoms with Crippen molar-refractivity contribution in [3.05, 3.63) is 58.4 Å². The van der Waals surface area contributed by atoms with Crippen molar-refractivity contribution in [1.29, 1.82) is 0 Å². The maximum absolute atomic E-state index is 11.9. The summed E-state index contributed by atoms with van der Waals surface area (Å²) >= 11 is 0. The van der Waals surface area contributed by atoms with E-state index in [1.807, 2.05) is 25.5 Å². The molecule has 138 valence electrons. The maximum Gasteiger partial charge on any atom is 0.244 e. The van der Waals surface area contributed by atoms with Gasteiger partial charge in [-0.2, -0.15) is 5.10 Å². The third kappa shape index (κ3) is 5.31. The molecule has 1 aromatic carbocycles. The number of carbonyl (C=O) groups is 2. The Balaban J connectivity index is 2.03. The molecule has 0 saturated heterocycles. The summed E-state index contributed by atoms with van der Waals surface area (Å²) < 4.78 is 1.94. The van der Waals surface area contributed by atoms with E-state index in [0.29, 0.717) is 13.1 Å². The van der Waals surface area contributed by atoms with Gasteiger partial charge in [0.05, 0.1) is 18.8 Å². The quantitative estimate of drug-likeness (QED) is 0.748. The summed E-state index contributed by atoms with van der Waals surface area (Å²) in [6.07, 6.45) is 3.18. The number of rotatable bonds is 7. The standard InChI is InChI=1S/C20H26N4O2/c1-5-21-20(26)12-22-19(25)11-10-18-15(3)23-24(16(18)4)13-17-8-6-14(2)7-9-17/h6-11H,5,12-13H2,1-4H3,(H,21,26)(H,22,25)/b11-10+. The Kier molecular flexibility index (Phi) is 6.72. The first-order valence-corrected chi connectivity index (χ1v) is 8.73. The van der Waals surface area contributed by atoms with E-state index < -0.39 is 0 Å². The fourth-order valence-corrected chi connectivity index (χ4v) is 2.62. The van der Waals surface area contributed by atoms with Gasteiger partial charge in [-0.1, -0.05) is 29.8 Å². The van der Waals surface area contributed by atoms with Crippen LogP contribution in [-0.4, -0.2) is 34.7 Å². The van der Waals surface area contributed by atoms with Crippen LogP contribution in [0.25, 0.3) is 6.08 Å². The number of nitrogens with one attached hydrogen (secondary N) is 2. The van der Waals surface area contributed by atoms with Crippen molar-refractivity contribution < 1.29 is 9.59 Å². The van der Waals surface area contributed by atoms with E-state index in [-0.39, 0.29) is 18.4 Å². The van der Waals surface area contributed by atoms with Gasteiger partial charge >= 0.3 is 0 Å². The molecule has 0 fully saturated rings. The van der Waals surface area contributed by atoms with Gasteiger partial charge in [-0.05, 0) is 39.3 Å². The number of likely N-dealkylation sites (N-methyl/N-ethyl adjacent to an activating group) is 1. The Bertz CT molecular complexity index is 804. The average molecular weight is 354 g/mol. The number of hydrogen-bond acceptors (Lipinski definition) is 3. The molecule has 0 aliphatic carbocycles. The molecule has 0 aliphatic heterocycles. The Morgan fingerprint density at radius 1 is 1.12 bits per heavy atom. The summed E-state index contributed by atoms with van der Waals surface area (Å²) in [5.74, 6) is -0.506. The van der Waals surface area contributed by atoms with Crippen molar-refractivity contribution in [2.45, 2.75) is 34.2 Å². The Morgan fingerprint density at radius 2 is 1.81 bits per heavy atom. The molecule has 0 saturated carbocycles. The van der Waals surface area contributed by atoms with Crippen LogP contribution in [0.5, 0.6) is 0 Å². The second kappa shape index (κ2) is 8.99.